The van der Waals surface area contributed by atoms with Crippen LogP contribution in [-0.4, -0.2) is 18.6 Å². The molecule has 0 bridgehead atoms. The van der Waals surface area contributed by atoms with Crippen LogP contribution in [0.4, 0.5) is 0 Å². The normalized spacial score (nSPS) is 13.5. The summed E-state index contributed by atoms with van der Waals surface area (Å²) in [5, 5.41) is 0. The van der Waals surface area contributed by atoms with Crippen LogP contribution in [0.2, 0.25) is 0 Å². The third-order valence-corrected chi connectivity index (χ3v) is 3.06. The number of likely N-dealkylation sites (N-methyl/N-ethyl adjacent to an activating group) is 1. The molecule has 0 unspecified atom stereocenters. The van der Waals surface area contributed by atoms with Crippen LogP contribution in [0.15, 0.2) is 60.8 Å². The van der Waals surface area contributed by atoms with Gasteiger partial charge in [-0.3, -0.25) is 0 Å². The van der Waals surface area contributed by atoms with Gasteiger partial charge in [0.1, 0.15) is 12.4 Å². The first-order valence-corrected chi connectivity index (χ1v) is 6.24. The zero-order valence-corrected chi connectivity index (χ0v) is 14.9. The molecule has 1 aromatic rings. The van der Waals surface area contributed by atoms with Crippen LogP contribution >= 0.6 is 0 Å². The Kier molecular flexibility index (Phi) is 6.69. The first kappa shape index (κ1) is 17.5. The average Bonchev–Trinajstić information content (AvgIpc) is 2.48. The zero-order valence-electron chi connectivity index (χ0n) is 12.1. The Morgan fingerprint density at radius 1 is 1.38 bits per heavy atom. The minimum absolute atomic E-state index is 0. The van der Waals surface area contributed by atoms with Gasteiger partial charge in [0.25, 0.3) is 0 Å². The van der Waals surface area contributed by atoms with Gasteiger partial charge < -0.3 is 9.64 Å². The molecule has 1 heterocycles. The van der Waals surface area contributed by atoms with E-state index in [0.29, 0.717) is 6.61 Å². The van der Waals surface area contributed by atoms with Crippen molar-refractivity contribution in [2.75, 3.05) is 13.7 Å². The first-order valence-electron chi connectivity index (χ1n) is 6.24. The third-order valence-electron chi connectivity index (χ3n) is 3.06. The summed E-state index contributed by atoms with van der Waals surface area (Å²) in [5.74, 6) is 3.41. The summed E-state index contributed by atoms with van der Waals surface area (Å²) < 4.78 is 5.46. The molecule has 0 saturated carbocycles. The smallest absolute Gasteiger partial charge is 0.117 e. The molecule has 1 aliphatic heterocycles. The standard InChI is InChI=1S/C18H16NO.Y/c1-5-13-20-17-10-7-16(8-11-17)18-12-9-15(6-2)14(3)19(18)4;/h2,5,7-11H,1,3,13H2,4H3;/q-1;. The fraction of sp³-hybridized carbons (Fsp3) is 0.111. The molecule has 0 amide bonds. The molecule has 0 saturated heterocycles. The van der Waals surface area contributed by atoms with E-state index in [1.54, 1.807) is 12.2 Å². The van der Waals surface area contributed by atoms with Crippen molar-refractivity contribution >= 4 is 5.70 Å². The van der Waals surface area contributed by atoms with E-state index in [1.807, 2.05) is 36.2 Å². The molecule has 1 aliphatic rings. The van der Waals surface area contributed by atoms with Crippen molar-refractivity contribution in [1.82, 2.24) is 4.90 Å². The molecule has 1 aromatic carbocycles. The van der Waals surface area contributed by atoms with Crippen LogP contribution < -0.4 is 4.74 Å². The van der Waals surface area contributed by atoms with E-state index in [2.05, 4.69) is 25.2 Å². The topological polar surface area (TPSA) is 12.5 Å². The van der Waals surface area contributed by atoms with Gasteiger partial charge in [-0.2, -0.15) is 12.2 Å². The molecule has 103 valence electrons. The van der Waals surface area contributed by atoms with Crippen molar-refractivity contribution in [3.63, 3.8) is 0 Å². The number of nitrogens with zero attached hydrogens (tertiary/aromatic N) is 1. The Morgan fingerprint density at radius 3 is 2.62 bits per heavy atom. The minimum atomic E-state index is 0. The van der Waals surface area contributed by atoms with Gasteiger partial charge in [-0.05, 0) is 17.8 Å². The zero-order chi connectivity index (χ0) is 14.5. The van der Waals surface area contributed by atoms with Gasteiger partial charge in [0, 0.05) is 39.8 Å². The largest absolute Gasteiger partial charge is 0.490 e. The molecular weight excluding hydrogens is 335 g/mol. The molecule has 0 N–H and O–H groups in total. The summed E-state index contributed by atoms with van der Waals surface area (Å²) in [6.45, 7) is 8.12. The van der Waals surface area contributed by atoms with E-state index in [1.165, 1.54) is 0 Å². The van der Waals surface area contributed by atoms with E-state index in [4.69, 9.17) is 11.2 Å². The van der Waals surface area contributed by atoms with Crippen molar-refractivity contribution in [2.24, 2.45) is 0 Å². The summed E-state index contributed by atoms with van der Waals surface area (Å²) in [7, 11) is 1.93. The molecule has 0 spiro atoms. The van der Waals surface area contributed by atoms with Gasteiger partial charge in [-0.1, -0.05) is 36.1 Å². The number of benzene rings is 1. The summed E-state index contributed by atoms with van der Waals surface area (Å²) in [4.78, 5) is 1.94. The maximum absolute atomic E-state index is 5.46. The second-order valence-corrected chi connectivity index (χ2v) is 4.33. The van der Waals surface area contributed by atoms with Gasteiger partial charge in [-0.15, -0.1) is 24.5 Å². The number of terminal acetylenes is 1. The SMILES string of the molecule is C#CC1=C[C-]=C(c2ccc(OCC=C)cc2)N(C)C1=C.[Y]. The predicted octanol–water partition coefficient (Wildman–Crippen LogP) is 3.41. The fourth-order valence-corrected chi connectivity index (χ4v) is 1.90. The Hall–Kier alpha value is -1.56. The molecular formula is C18H16NOY-. The molecule has 1 radical (unpaired) electrons. The second-order valence-electron chi connectivity index (χ2n) is 4.33. The van der Waals surface area contributed by atoms with Crippen LogP contribution in [0.25, 0.3) is 5.70 Å². The van der Waals surface area contributed by atoms with Crippen LogP contribution in [0.3, 0.4) is 0 Å². The van der Waals surface area contributed by atoms with Crippen molar-refractivity contribution in [1.29, 1.82) is 0 Å². The Labute approximate surface area is 151 Å². The summed E-state index contributed by atoms with van der Waals surface area (Å²) in [6, 6.07) is 7.81. The molecule has 21 heavy (non-hydrogen) atoms. The van der Waals surface area contributed by atoms with Gasteiger partial charge >= 0.3 is 0 Å². The summed E-state index contributed by atoms with van der Waals surface area (Å²) >= 11 is 0. The second kappa shape index (κ2) is 8.03. The summed E-state index contributed by atoms with van der Waals surface area (Å²) in [6.07, 6.45) is 12.1. The number of rotatable bonds is 4. The van der Waals surface area contributed by atoms with Gasteiger partial charge in [0.2, 0.25) is 0 Å². The summed E-state index contributed by atoms with van der Waals surface area (Å²) in [5.41, 5.74) is 3.52. The Balaban J connectivity index is 0.00000220. The molecule has 0 atom stereocenters. The average molecular weight is 351 g/mol. The minimum Gasteiger partial charge on any atom is -0.490 e. The fourth-order valence-electron chi connectivity index (χ4n) is 1.90. The van der Waals surface area contributed by atoms with Crippen molar-refractivity contribution in [2.45, 2.75) is 0 Å². The van der Waals surface area contributed by atoms with Crippen molar-refractivity contribution < 1.29 is 37.4 Å². The van der Waals surface area contributed by atoms with E-state index >= 15 is 0 Å². The van der Waals surface area contributed by atoms with E-state index in [0.717, 1.165) is 28.3 Å². The quantitative estimate of drug-likeness (QED) is 0.468. The van der Waals surface area contributed by atoms with E-state index < -0.39 is 0 Å². The number of ether oxygens (including phenoxy) is 1. The molecule has 0 aliphatic carbocycles. The molecule has 2 rings (SSSR count). The maximum atomic E-state index is 5.46. The molecule has 3 heteroatoms. The van der Waals surface area contributed by atoms with Crippen molar-refractivity contribution in [3.05, 3.63) is 72.5 Å². The first-order chi connectivity index (χ1) is 9.67. The van der Waals surface area contributed by atoms with Crippen molar-refractivity contribution in [3.8, 4) is 18.1 Å². The number of hydrogen-bond acceptors (Lipinski definition) is 2. The van der Waals surface area contributed by atoms with Crippen LogP contribution in [0.5, 0.6) is 5.75 Å². The third kappa shape index (κ3) is 3.97. The Bertz CT molecular complexity index is 632. The molecule has 0 fully saturated rings. The number of hydrogen-bond donors (Lipinski definition) is 0. The van der Waals surface area contributed by atoms with Gasteiger partial charge in [0.05, 0.1) is 0 Å². The van der Waals surface area contributed by atoms with E-state index in [-0.39, 0.29) is 32.7 Å². The molecule has 2 nitrogen and oxygen atoms in total. The molecule has 0 aromatic heterocycles. The number of allylic oxidation sites excluding steroid dienone is 3. The van der Waals surface area contributed by atoms with Crippen LogP contribution in [0.1, 0.15) is 5.56 Å². The van der Waals surface area contributed by atoms with Crippen LogP contribution in [0, 0.1) is 18.4 Å². The van der Waals surface area contributed by atoms with Gasteiger partial charge in [0.15, 0.2) is 0 Å². The Morgan fingerprint density at radius 2 is 2.05 bits per heavy atom. The monoisotopic (exact) mass is 351 g/mol. The predicted molar refractivity (Wildman–Crippen MR) is 82.6 cm³/mol. The van der Waals surface area contributed by atoms with E-state index in [9.17, 15) is 0 Å². The van der Waals surface area contributed by atoms with Crippen LogP contribution in [-0.2, 0) is 32.7 Å². The maximum Gasteiger partial charge on any atom is 0.117 e. The van der Waals surface area contributed by atoms with Gasteiger partial charge in [-0.25, -0.2) is 0 Å².